The molecule has 0 saturated heterocycles. The predicted octanol–water partition coefficient (Wildman–Crippen LogP) is 2.80. The zero-order chi connectivity index (χ0) is 18.1. The van der Waals surface area contributed by atoms with Gasteiger partial charge in [-0.2, -0.15) is 0 Å². The van der Waals surface area contributed by atoms with Crippen LogP contribution in [0.1, 0.15) is 24.2 Å². The quantitative estimate of drug-likeness (QED) is 0.748. The number of carbonyl (C=O) groups is 2. The van der Waals surface area contributed by atoms with Gasteiger partial charge in [-0.05, 0) is 19.1 Å². The number of fused-ring (bicyclic) bond motifs is 1. The molecule has 2 heterocycles. The van der Waals surface area contributed by atoms with Crippen molar-refractivity contribution in [2.24, 2.45) is 0 Å². The number of nitrogens with one attached hydrogen (secondary N) is 1. The number of carboxylic acid groups (broad SMARTS) is 1. The number of carboxylic acids is 1. The number of anilines is 1. The van der Waals surface area contributed by atoms with Crippen molar-refractivity contribution in [2.75, 3.05) is 5.32 Å². The Labute approximate surface area is 146 Å². The van der Waals surface area contributed by atoms with E-state index in [0.717, 1.165) is 5.56 Å². The van der Waals surface area contributed by atoms with Crippen LogP contribution >= 0.6 is 11.3 Å². The van der Waals surface area contributed by atoms with Crippen LogP contribution in [-0.2, 0) is 11.3 Å². The van der Waals surface area contributed by atoms with Gasteiger partial charge < -0.3 is 15.0 Å². The molecule has 0 spiro atoms. The summed E-state index contributed by atoms with van der Waals surface area (Å²) in [4.78, 5) is 39.1. The summed E-state index contributed by atoms with van der Waals surface area (Å²) in [5, 5.41) is 14.5. The van der Waals surface area contributed by atoms with Gasteiger partial charge in [0, 0.05) is 36.0 Å². The number of benzene rings is 1. The van der Waals surface area contributed by atoms with E-state index < -0.39 is 11.4 Å². The van der Waals surface area contributed by atoms with E-state index >= 15 is 0 Å². The Bertz CT molecular complexity index is 1050. The Morgan fingerprint density at radius 1 is 1.36 bits per heavy atom. The molecule has 0 aliphatic heterocycles. The van der Waals surface area contributed by atoms with Crippen LogP contribution in [0.25, 0.3) is 22.2 Å². The van der Waals surface area contributed by atoms with Crippen molar-refractivity contribution in [1.82, 2.24) is 9.55 Å². The highest BCUT2D eigenvalue weighted by Crippen LogP contribution is 2.27. The highest BCUT2D eigenvalue weighted by atomic mass is 32.1. The lowest BCUT2D eigenvalue weighted by Crippen LogP contribution is -2.18. The second-order valence-electron chi connectivity index (χ2n) is 5.41. The van der Waals surface area contributed by atoms with E-state index in [1.54, 1.807) is 22.8 Å². The number of rotatable bonds is 4. The molecule has 3 rings (SSSR count). The van der Waals surface area contributed by atoms with Gasteiger partial charge in [0.25, 0.3) is 0 Å². The van der Waals surface area contributed by atoms with Gasteiger partial charge in [0.1, 0.15) is 5.56 Å². The molecular formula is C17H15N3O4S. The van der Waals surface area contributed by atoms with Crippen molar-refractivity contribution in [3.05, 3.63) is 45.6 Å². The lowest BCUT2D eigenvalue weighted by Gasteiger charge is -2.11. The molecule has 2 N–H and O–H groups in total. The Morgan fingerprint density at radius 2 is 2.12 bits per heavy atom. The molecule has 1 aromatic carbocycles. The first-order chi connectivity index (χ1) is 11.9. The van der Waals surface area contributed by atoms with Gasteiger partial charge in [0.2, 0.25) is 11.3 Å². The summed E-state index contributed by atoms with van der Waals surface area (Å²) in [6, 6.07) is 5.14. The number of carbonyl (C=O) groups excluding carboxylic acids is 1. The maximum atomic E-state index is 12.4. The molecule has 0 atom stereocenters. The first-order valence-corrected chi connectivity index (χ1v) is 8.42. The first kappa shape index (κ1) is 16.8. The number of thiazole rings is 1. The van der Waals surface area contributed by atoms with Crippen LogP contribution in [0.15, 0.2) is 34.6 Å². The molecule has 0 unspecified atom stereocenters. The molecule has 2 aromatic heterocycles. The zero-order valence-electron chi connectivity index (χ0n) is 13.6. The van der Waals surface area contributed by atoms with Crippen LogP contribution < -0.4 is 10.7 Å². The zero-order valence-corrected chi connectivity index (χ0v) is 14.4. The number of aromatic nitrogens is 2. The summed E-state index contributed by atoms with van der Waals surface area (Å²) in [5.74, 6) is -1.43. The van der Waals surface area contributed by atoms with Gasteiger partial charge in [0.15, 0.2) is 5.13 Å². The molecule has 0 saturated carbocycles. The smallest absolute Gasteiger partial charge is 0.341 e. The number of hydrogen-bond donors (Lipinski definition) is 2. The fourth-order valence-electron chi connectivity index (χ4n) is 2.58. The summed E-state index contributed by atoms with van der Waals surface area (Å²) in [6.07, 6.45) is 1.36. The number of hydrogen-bond acceptors (Lipinski definition) is 5. The fraction of sp³-hybridized carbons (Fsp3) is 0.176. The summed E-state index contributed by atoms with van der Waals surface area (Å²) in [6.45, 7) is 3.81. The number of aryl methyl sites for hydroxylation is 1. The molecule has 0 radical (unpaired) electrons. The molecule has 1 amide bonds. The van der Waals surface area contributed by atoms with E-state index in [0.29, 0.717) is 28.3 Å². The van der Waals surface area contributed by atoms with Crippen LogP contribution in [0.3, 0.4) is 0 Å². The van der Waals surface area contributed by atoms with Crippen molar-refractivity contribution >= 4 is 39.2 Å². The van der Waals surface area contributed by atoms with Crippen molar-refractivity contribution in [1.29, 1.82) is 0 Å². The van der Waals surface area contributed by atoms with Crippen molar-refractivity contribution in [2.45, 2.75) is 20.4 Å². The van der Waals surface area contributed by atoms with E-state index in [9.17, 15) is 19.5 Å². The SMILES string of the molecule is CCn1cc(C(=O)O)c(=O)c2ccc(-c3csc(NC(C)=O)n3)cc21. The minimum Gasteiger partial charge on any atom is -0.477 e. The summed E-state index contributed by atoms with van der Waals surface area (Å²) in [7, 11) is 0. The summed E-state index contributed by atoms with van der Waals surface area (Å²) < 4.78 is 1.73. The second-order valence-corrected chi connectivity index (χ2v) is 6.27. The van der Waals surface area contributed by atoms with E-state index in [-0.39, 0.29) is 11.5 Å². The predicted molar refractivity (Wildman–Crippen MR) is 96.3 cm³/mol. The van der Waals surface area contributed by atoms with Gasteiger partial charge in [-0.15, -0.1) is 11.3 Å². The van der Waals surface area contributed by atoms with Crippen LogP contribution in [0.4, 0.5) is 5.13 Å². The lowest BCUT2D eigenvalue weighted by molar-refractivity contribution is -0.114. The average Bonchev–Trinajstić information content (AvgIpc) is 3.02. The van der Waals surface area contributed by atoms with Crippen molar-refractivity contribution < 1.29 is 14.7 Å². The number of nitrogens with zero attached hydrogens (tertiary/aromatic N) is 2. The molecule has 0 bridgehead atoms. The van der Waals surface area contributed by atoms with Gasteiger partial charge in [0.05, 0.1) is 11.2 Å². The minimum absolute atomic E-state index is 0.194. The lowest BCUT2D eigenvalue weighted by atomic mass is 10.1. The monoisotopic (exact) mass is 357 g/mol. The first-order valence-electron chi connectivity index (χ1n) is 7.54. The van der Waals surface area contributed by atoms with Crippen molar-refractivity contribution in [3.8, 4) is 11.3 Å². The Balaban J connectivity index is 2.15. The molecule has 0 aliphatic carbocycles. The third-order valence-corrected chi connectivity index (χ3v) is 4.49. The van der Waals surface area contributed by atoms with E-state index in [1.165, 1.54) is 24.5 Å². The largest absolute Gasteiger partial charge is 0.477 e. The molecule has 7 nitrogen and oxygen atoms in total. The maximum absolute atomic E-state index is 12.4. The highest BCUT2D eigenvalue weighted by Gasteiger charge is 2.15. The molecule has 128 valence electrons. The van der Waals surface area contributed by atoms with Crippen LogP contribution in [0.2, 0.25) is 0 Å². The standard InChI is InChI=1S/C17H15N3O4S/c1-3-20-7-12(16(23)24)15(22)11-5-4-10(6-14(11)20)13-8-25-17(19-13)18-9(2)21/h4-8H,3H2,1-2H3,(H,23,24)(H,18,19,21). The molecule has 0 aliphatic rings. The third-order valence-electron chi connectivity index (χ3n) is 3.74. The van der Waals surface area contributed by atoms with Crippen LogP contribution in [0, 0.1) is 0 Å². The Hall–Kier alpha value is -3.00. The molecule has 3 aromatic rings. The van der Waals surface area contributed by atoms with E-state index in [4.69, 9.17) is 0 Å². The second kappa shape index (κ2) is 6.48. The Morgan fingerprint density at radius 3 is 2.76 bits per heavy atom. The summed E-state index contributed by atoms with van der Waals surface area (Å²) >= 11 is 1.31. The topological polar surface area (TPSA) is 101 Å². The van der Waals surface area contributed by atoms with Gasteiger partial charge in [-0.1, -0.05) is 6.07 Å². The van der Waals surface area contributed by atoms with Gasteiger partial charge >= 0.3 is 5.97 Å². The number of amides is 1. The molecule has 25 heavy (non-hydrogen) atoms. The fourth-order valence-corrected chi connectivity index (χ4v) is 3.34. The minimum atomic E-state index is -1.24. The van der Waals surface area contributed by atoms with Crippen LogP contribution in [0.5, 0.6) is 0 Å². The van der Waals surface area contributed by atoms with E-state index in [2.05, 4.69) is 10.3 Å². The third kappa shape index (κ3) is 3.16. The number of pyridine rings is 1. The summed E-state index contributed by atoms with van der Waals surface area (Å²) in [5.41, 5.74) is 1.35. The Kier molecular flexibility index (Phi) is 4.37. The number of aromatic carboxylic acids is 1. The molecule has 8 heteroatoms. The normalized spacial score (nSPS) is 10.8. The molecular weight excluding hydrogens is 342 g/mol. The van der Waals surface area contributed by atoms with Crippen LogP contribution in [-0.4, -0.2) is 26.5 Å². The maximum Gasteiger partial charge on any atom is 0.341 e. The molecule has 0 fully saturated rings. The average molecular weight is 357 g/mol. The van der Waals surface area contributed by atoms with E-state index in [1.807, 2.05) is 12.3 Å². The van der Waals surface area contributed by atoms with Crippen molar-refractivity contribution in [3.63, 3.8) is 0 Å². The highest BCUT2D eigenvalue weighted by molar-refractivity contribution is 7.14. The van der Waals surface area contributed by atoms with Gasteiger partial charge in [-0.3, -0.25) is 9.59 Å². The van der Waals surface area contributed by atoms with Gasteiger partial charge in [-0.25, -0.2) is 9.78 Å².